The van der Waals surface area contributed by atoms with E-state index in [0.717, 1.165) is 22.0 Å². The fourth-order valence-corrected chi connectivity index (χ4v) is 3.23. The van der Waals surface area contributed by atoms with Gasteiger partial charge in [-0.2, -0.15) is 0 Å². The first-order valence-corrected chi connectivity index (χ1v) is 9.58. The van der Waals surface area contributed by atoms with Crippen LogP contribution in [-0.2, 0) is 0 Å². The van der Waals surface area contributed by atoms with Crippen LogP contribution < -0.4 is 21.9 Å². The lowest BCUT2D eigenvalue weighted by molar-refractivity contribution is 0.0964. The van der Waals surface area contributed by atoms with Crippen LogP contribution in [0.4, 0.5) is 23.0 Å². The molecule has 1 heterocycles. The van der Waals surface area contributed by atoms with Gasteiger partial charge in [-0.25, -0.2) is 9.97 Å². The Morgan fingerprint density at radius 1 is 1.00 bits per heavy atom. The first-order chi connectivity index (χ1) is 14.5. The zero-order valence-electron chi connectivity index (χ0n) is 16.1. The quantitative estimate of drug-likeness (QED) is 0.351. The summed E-state index contributed by atoms with van der Waals surface area (Å²) >= 11 is 6.07. The van der Waals surface area contributed by atoms with Crippen LogP contribution in [0.15, 0.2) is 67.0 Å². The topological polar surface area (TPSA) is 105 Å². The van der Waals surface area contributed by atoms with Gasteiger partial charge in [0.1, 0.15) is 12.0 Å². The third-order valence-corrected chi connectivity index (χ3v) is 4.90. The number of amides is 1. The number of hydrogen-bond donors (Lipinski definition) is 4. The van der Waals surface area contributed by atoms with Crippen LogP contribution in [0.25, 0.3) is 10.8 Å². The number of carbonyl (C=O) groups is 1. The molecule has 0 aliphatic carbocycles. The zero-order chi connectivity index (χ0) is 21.1. The molecule has 150 valence electrons. The van der Waals surface area contributed by atoms with Crippen molar-refractivity contribution < 1.29 is 4.79 Å². The maximum atomic E-state index is 12.7. The Bertz CT molecular complexity index is 1240. The molecule has 7 nitrogen and oxygen atoms in total. The molecule has 0 aliphatic rings. The summed E-state index contributed by atoms with van der Waals surface area (Å²) in [6, 6.07) is 18.7. The summed E-state index contributed by atoms with van der Waals surface area (Å²) in [7, 11) is 0. The van der Waals surface area contributed by atoms with Crippen molar-refractivity contribution in [1.29, 1.82) is 0 Å². The van der Waals surface area contributed by atoms with Gasteiger partial charge >= 0.3 is 0 Å². The number of aromatic nitrogens is 2. The Morgan fingerprint density at radius 3 is 2.63 bits per heavy atom. The van der Waals surface area contributed by atoms with Gasteiger partial charge in [-0.3, -0.25) is 15.6 Å². The molecule has 0 radical (unpaired) electrons. The van der Waals surface area contributed by atoms with Crippen LogP contribution in [-0.4, -0.2) is 15.9 Å². The zero-order valence-corrected chi connectivity index (χ0v) is 16.9. The summed E-state index contributed by atoms with van der Waals surface area (Å²) in [6.07, 6.45) is 1.35. The van der Waals surface area contributed by atoms with E-state index < -0.39 is 0 Å². The summed E-state index contributed by atoms with van der Waals surface area (Å²) in [5, 5.41) is 5.58. The fourth-order valence-electron chi connectivity index (χ4n) is 3.06. The van der Waals surface area contributed by atoms with E-state index >= 15 is 0 Å². The molecule has 0 spiro atoms. The van der Waals surface area contributed by atoms with Crippen molar-refractivity contribution in [2.45, 2.75) is 6.92 Å². The minimum absolute atomic E-state index is 0.259. The minimum Gasteiger partial charge on any atom is -0.393 e. The predicted octanol–water partition coefficient (Wildman–Crippen LogP) is 4.67. The average molecular weight is 419 g/mol. The highest BCUT2D eigenvalue weighted by Crippen LogP contribution is 2.28. The molecule has 5 N–H and O–H groups in total. The molecule has 4 aromatic rings. The SMILES string of the molecule is Cc1ccc(Cl)cc1Nc1ncnc(NNC(=O)c2cccc3ccccc23)c1N. The second-order valence-electron chi connectivity index (χ2n) is 6.67. The van der Waals surface area contributed by atoms with Gasteiger partial charge in [-0.1, -0.05) is 54.1 Å². The Hall–Kier alpha value is -3.84. The number of nitrogen functional groups attached to an aromatic ring is 1. The van der Waals surface area contributed by atoms with Gasteiger partial charge in [0.2, 0.25) is 0 Å². The number of fused-ring (bicyclic) bond motifs is 1. The molecule has 3 aromatic carbocycles. The number of aryl methyl sites for hydroxylation is 1. The lowest BCUT2D eigenvalue weighted by Gasteiger charge is -2.15. The number of rotatable bonds is 5. The van der Waals surface area contributed by atoms with Crippen molar-refractivity contribution in [1.82, 2.24) is 15.4 Å². The largest absolute Gasteiger partial charge is 0.393 e. The number of nitrogens with zero attached hydrogens (tertiary/aromatic N) is 2. The van der Waals surface area contributed by atoms with E-state index in [4.69, 9.17) is 17.3 Å². The summed E-state index contributed by atoms with van der Waals surface area (Å²) < 4.78 is 0. The molecular weight excluding hydrogens is 400 g/mol. The minimum atomic E-state index is -0.301. The highest BCUT2D eigenvalue weighted by Gasteiger charge is 2.13. The predicted molar refractivity (Wildman–Crippen MR) is 121 cm³/mol. The molecule has 0 saturated carbocycles. The van der Waals surface area contributed by atoms with E-state index in [9.17, 15) is 4.79 Å². The summed E-state index contributed by atoms with van der Waals surface area (Å²) in [6.45, 7) is 1.94. The van der Waals surface area contributed by atoms with Crippen molar-refractivity contribution in [2.24, 2.45) is 0 Å². The standard InChI is InChI=1S/C22H19ClN6O/c1-13-9-10-15(23)11-18(13)27-20-19(24)21(26-12-25-20)28-29-22(30)17-8-4-6-14-5-2-3-7-16(14)17/h2-12H,24H2,1H3,(H,29,30)(H2,25,26,27,28). The molecule has 0 saturated heterocycles. The van der Waals surface area contributed by atoms with Gasteiger partial charge in [0, 0.05) is 16.3 Å². The van der Waals surface area contributed by atoms with Crippen molar-refractivity contribution in [3.05, 3.63) is 83.1 Å². The maximum absolute atomic E-state index is 12.7. The molecule has 30 heavy (non-hydrogen) atoms. The van der Waals surface area contributed by atoms with E-state index in [1.807, 2.05) is 49.4 Å². The number of nitrogens with two attached hydrogens (primary N) is 1. The van der Waals surface area contributed by atoms with Crippen LogP contribution in [0, 0.1) is 6.92 Å². The average Bonchev–Trinajstić information content (AvgIpc) is 2.76. The van der Waals surface area contributed by atoms with E-state index in [-0.39, 0.29) is 17.4 Å². The first-order valence-electron chi connectivity index (χ1n) is 9.20. The maximum Gasteiger partial charge on any atom is 0.270 e. The second kappa shape index (κ2) is 8.26. The van der Waals surface area contributed by atoms with E-state index in [1.54, 1.807) is 18.2 Å². The molecule has 1 aromatic heterocycles. The third kappa shape index (κ3) is 3.97. The Balaban J connectivity index is 1.53. The first kappa shape index (κ1) is 19.5. The van der Waals surface area contributed by atoms with Gasteiger partial charge in [-0.05, 0) is 41.5 Å². The van der Waals surface area contributed by atoms with Gasteiger partial charge in [0.15, 0.2) is 11.6 Å². The van der Waals surface area contributed by atoms with Crippen LogP contribution >= 0.6 is 11.6 Å². The molecule has 4 rings (SSSR count). The molecule has 0 aliphatic heterocycles. The number of halogens is 1. The van der Waals surface area contributed by atoms with Crippen molar-refractivity contribution in [3.63, 3.8) is 0 Å². The van der Waals surface area contributed by atoms with Gasteiger partial charge in [0.25, 0.3) is 5.91 Å². The molecule has 0 atom stereocenters. The van der Waals surface area contributed by atoms with E-state index in [0.29, 0.717) is 16.4 Å². The number of hydrogen-bond acceptors (Lipinski definition) is 6. The van der Waals surface area contributed by atoms with Crippen LogP contribution in [0.2, 0.25) is 5.02 Å². The highest BCUT2D eigenvalue weighted by atomic mass is 35.5. The number of nitrogens with one attached hydrogen (secondary N) is 3. The number of hydrazine groups is 1. The number of anilines is 4. The van der Waals surface area contributed by atoms with Crippen LogP contribution in [0.5, 0.6) is 0 Å². The molecule has 0 fully saturated rings. The normalized spacial score (nSPS) is 10.6. The van der Waals surface area contributed by atoms with Gasteiger partial charge in [0.05, 0.1) is 0 Å². The van der Waals surface area contributed by atoms with Crippen molar-refractivity contribution in [2.75, 3.05) is 16.5 Å². The van der Waals surface area contributed by atoms with E-state index in [2.05, 4.69) is 26.1 Å². The van der Waals surface area contributed by atoms with Gasteiger partial charge in [-0.15, -0.1) is 0 Å². The highest BCUT2D eigenvalue weighted by molar-refractivity contribution is 6.30. The third-order valence-electron chi connectivity index (χ3n) is 4.67. The molecule has 8 heteroatoms. The molecular formula is C22H19ClN6O. The number of carbonyl (C=O) groups excluding carboxylic acids is 1. The lowest BCUT2D eigenvalue weighted by Crippen LogP contribution is -2.30. The fraction of sp³-hybridized carbons (Fsp3) is 0.0455. The summed E-state index contributed by atoms with van der Waals surface area (Å²) in [5.41, 5.74) is 14.2. The Morgan fingerprint density at radius 2 is 1.77 bits per heavy atom. The number of benzene rings is 3. The smallest absolute Gasteiger partial charge is 0.270 e. The summed E-state index contributed by atoms with van der Waals surface area (Å²) in [5.74, 6) is 0.378. The lowest BCUT2D eigenvalue weighted by atomic mass is 10.0. The Kier molecular flexibility index (Phi) is 5.36. The van der Waals surface area contributed by atoms with Crippen molar-refractivity contribution in [3.8, 4) is 0 Å². The van der Waals surface area contributed by atoms with Crippen LogP contribution in [0.3, 0.4) is 0 Å². The molecule has 0 bridgehead atoms. The monoisotopic (exact) mass is 418 g/mol. The van der Waals surface area contributed by atoms with E-state index in [1.165, 1.54) is 6.33 Å². The molecule has 0 unspecified atom stereocenters. The summed E-state index contributed by atoms with van der Waals surface area (Å²) in [4.78, 5) is 21.0. The van der Waals surface area contributed by atoms with Crippen LogP contribution in [0.1, 0.15) is 15.9 Å². The second-order valence-corrected chi connectivity index (χ2v) is 7.11. The van der Waals surface area contributed by atoms with Crippen molar-refractivity contribution >= 4 is 51.3 Å². The van der Waals surface area contributed by atoms with Gasteiger partial charge < -0.3 is 11.1 Å². The Labute approximate surface area is 178 Å². The molecule has 1 amide bonds.